The van der Waals surface area contributed by atoms with Gasteiger partial charge in [-0.3, -0.25) is 9.35 Å². The number of amides is 1. The SMILES string of the molecule is CC/C=C\C/C=C\C/C=C\C/C=C\CCCCCCC(=O)NC(CS(=O)(=O)O)C(O)/C=C/CCCCCCCCCCCCCCCC. The van der Waals surface area contributed by atoms with Crippen LogP contribution in [0.3, 0.4) is 0 Å². The molecule has 0 rings (SSSR count). The standard InChI is InChI=1S/C41H73NO5S/c1-3-5-7-9-11-13-15-17-19-21-23-25-27-29-31-33-35-37-41(44)42-39(38-48(45,46)47)40(43)36-34-32-30-28-26-24-22-20-18-16-14-12-10-8-6-4-2/h5,7,11,13,17,19,23,25,34,36,39-40,43H,3-4,6,8-10,12,14-16,18,20-22,24,26-33,35,37-38H2,1-2H3,(H,42,44)(H,45,46,47)/b7-5-,13-11-,19-17-,25-23-,36-34+. The fourth-order valence-electron chi connectivity index (χ4n) is 5.56. The van der Waals surface area contributed by atoms with Crippen LogP contribution < -0.4 is 5.32 Å². The fourth-order valence-corrected chi connectivity index (χ4v) is 6.29. The molecule has 0 aliphatic rings. The van der Waals surface area contributed by atoms with Gasteiger partial charge in [0, 0.05) is 6.42 Å². The Balaban J connectivity index is 4.02. The van der Waals surface area contributed by atoms with E-state index in [0.29, 0.717) is 6.42 Å². The van der Waals surface area contributed by atoms with Crippen molar-refractivity contribution in [2.75, 3.05) is 5.75 Å². The van der Waals surface area contributed by atoms with Gasteiger partial charge in [-0.15, -0.1) is 0 Å². The Morgan fingerprint density at radius 3 is 1.48 bits per heavy atom. The summed E-state index contributed by atoms with van der Waals surface area (Å²) in [6.07, 6.45) is 47.7. The fraction of sp³-hybridized carbons (Fsp3) is 0.732. The Bertz CT molecular complexity index is 983. The van der Waals surface area contributed by atoms with Gasteiger partial charge in [-0.2, -0.15) is 8.42 Å². The molecule has 0 saturated carbocycles. The van der Waals surface area contributed by atoms with E-state index in [4.69, 9.17) is 0 Å². The highest BCUT2D eigenvalue weighted by Crippen LogP contribution is 2.14. The molecule has 0 aliphatic carbocycles. The van der Waals surface area contributed by atoms with Gasteiger partial charge in [-0.1, -0.05) is 171 Å². The molecule has 2 unspecified atom stereocenters. The first-order chi connectivity index (χ1) is 23.3. The van der Waals surface area contributed by atoms with Gasteiger partial charge in [0.1, 0.15) is 0 Å². The molecule has 0 bridgehead atoms. The number of rotatable bonds is 34. The molecule has 0 aliphatic heterocycles. The first kappa shape index (κ1) is 46.0. The monoisotopic (exact) mass is 692 g/mol. The molecule has 0 aromatic rings. The summed E-state index contributed by atoms with van der Waals surface area (Å²) in [6.45, 7) is 4.40. The molecule has 7 heteroatoms. The van der Waals surface area contributed by atoms with Crippen molar-refractivity contribution >= 4 is 16.0 Å². The Labute approximate surface area is 296 Å². The summed E-state index contributed by atoms with van der Waals surface area (Å²) in [4.78, 5) is 12.5. The average Bonchev–Trinajstić information content (AvgIpc) is 3.05. The Morgan fingerprint density at radius 2 is 1.00 bits per heavy atom. The van der Waals surface area contributed by atoms with Crippen LogP contribution in [0.5, 0.6) is 0 Å². The van der Waals surface area contributed by atoms with Gasteiger partial charge in [0.15, 0.2) is 0 Å². The van der Waals surface area contributed by atoms with E-state index in [2.05, 4.69) is 67.8 Å². The second kappa shape index (κ2) is 34.9. The maximum absolute atomic E-state index is 12.5. The van der Waals surface area contributed by atoms with Crippen LogP contribution in [0.2, 0.25) is 0 Å². The molecule has 0 radical (unpaired) electrons. The first-order valence-corrected chi connectivity index (χ1v) is 21.1. The molecule has 1 amide bonds. The van der Waals surface area contributed by atoms with E-state index in [1.165, 1.54) is 77.0 Å². The van der Waals surface area contributed by atoms with Gasteiger partial charge < -0.3 is 10.4 Å². The zero-order valence-corrected chi connectivity index (χ0v) is 31.7. The van der Waals surface area contributed by atoms with Crippen molar-refractivity contribution in [3.8, 4) is 0 Å². The van der Waals surface area contributed by atoms with Crippen LogP contribution in [0.25, 0.3) is 0 Å². The largest absolute Gasteiger partial charge is 0.387 e. The first-order valence-electron chi connectivity index (χ1n) is 19.5. The molecule has 3 N–H and O–H groups in total. The van der Waals surface area contributed by atoms with E-state index < -0.39 is 28.0 Å². The summed E-state index contributed by atoms with van der Waals surface area (Å²) >= 11 is 0. The minimum Gasteiger partial charge on any atom is -0.387 e. The molecular weight excluding hydrogens is 619 g/mol. The van der Waals surface area contributed by atoms with E-state index in [0.717, 1.165) is 70.6 Å². The van der Waals surface area contributed by atoms with Crippen molar-refractivity contribution in [2.45, 2.75) is 187 Å². The second-order valence-electron chi connectivity index (χ2n) is 13.2. The Hall–Kier alpha value is -1.96. The van der Waals surface area contributed by atoms with Crippen LogP contribution in [-0.2, 0) is 14.9 Å². The Kier molecular flexibility index (Phi) is 33.5. The number of unbranched alkanes of at least 4 members (excludes halogenated alkanes) is 18. The Morgan fingerprint density at radius 1 is 0.583 bits per heavy atom. The summed E-state index contributed by atoms with van der Waals surface area (Å²) in [7, 11) is -4.35. The summed E-state index contributed by atoms with van der Waals surface area (Å²) < 4.78 is 32.4. The maximum Gasteiger partial charge on any atom is 0.267 e. The van der Waals surface area contributed by atoms with Gasteiger partial charge in [0.2, 0.25) is 5.91 Å². The van der Waals surface area contributed by atoms with Crippen LogP contribution in [-0.4, -0.2) is 41.9 Å². The molecule has 278 valence electrons. The van der Waals surface area contributed by atoms with Crippen LogP contribution in [0.1, 0.15) is 174 Å². The molecule has 0 saturated heterocycles. The van der Waals surface area contributed by atoms with Crippen LogP contribution in [0.15, 0.2) is 60.8 Å². The number of carbonyl (C=O) groups excluding carboxylic acids is 1. The zero-order chi connectivity index (χ0) is 35.4. The van der Waals surface area contributed by atoms with Gasteiger partial charge >= 0.3 is 0 Å². The molecule has 0 fully saturated rings. The van der Waals surface area contributed by atoms with Crippen molar-refractivity contribution < 1.29 is 22.9 Å². The van der Waals surface area contributed by atoms with Gasteiger partial charge in [-0.25, -0.2) is 0 Å². The van der Waals surface area contributed by atoms with E-state index in [1.54, 1.807) is 6.08 Å². The minimum atomic E-state index is -4.35. The highest BCUT2D eigenvalue weighted by atomic mass is 32.2. The number of hydrogen-bond donors (Lipinski definition) is 3. The van der Waals surface area contributed by atoms with Crippen molar-refractivity contribution in [3.63, 3.8) is 0 Å². The quantitative estimate of drug-likeness (QED) is 0.0354. The average molecular weight is 692 g/mol. The summed E-state index contributed by atoms with van der Waals surface area (Å²) in [5, 5.41) is 13.2. The third kappa shape index (κ3) is 35.3. The van der Waals surface area contributed by atoms with Gasteiger partial charge in [-0.05, 0) is 57.8 Å². The van der Waals surface area contributed by atoms with Crippen molar-refractivity contribution in [2.24, 2.45) is 0 Å². The molecule has 48 heavy (non-hydrogen) atoms. The molecule has 0 spiro atoms. The minimum absolute atomic E-state index is 0.265. The number of nitrogens with one attached hydrogen (secondary N) is 1. The van der Waals surface area contributed by atoms with E-state index in [-0.39, 0.29) is 12.3 Å². The van der Waals surface area contributed by atoms with Crippen LogP contribution in [0.4, 0.5) is 0 Å². The van der Waals surface area contributed by atoms with Crippen LogP contribution in [0, 0.1) is 0 Å². The third-order valence-electron chi connectivity index (χ3n) is 8.45. The number of carbonyl (C=O) groups is 1. The maximum atomic E-state index is 12.5. The predicted octanol–water partition coefficient (Wildman–Crippen LogP) is 11.3. The lowest BCUT2D eigenvalue weighted by Crippen LogP contribution is -2.46. The summed E-state index contributed by atoms with van der Waals surface area (Å²) in [5.74, 6) is -1.01. The highest BCUT2D eigenvalue weighted by Gasteiger charge is 2.24. The lowest BCUT2D eigenvalue weighted by atomic mass is 10.0. The predicted molar refractivity (Wildman–Crippen MR) is 207 cm³/mol. The molecule has 6 nitrogen and oxygen atoms in total. The summed E-state index contributed by atoms with van der Waals surface area (Å²) in [5.41, 5.74) is 0. The number of aliphatic hydroxyl groups excluding tert-OH is 1. The lowest BCUT2D eigenvalue weighted by molar-refractivity contribution is -0.122. The lowest BCUT2D eigenvalue weighted by Gasteiger charge is -2.21. The molecule has 0 heterocycles. The van der Waals surface area contributed by atoms with Crippen molar-refractivity contribution in [3.05, 3.63) is 60.8 Å². The third-order valence-corrected chi connectivity index (χ3v) is 9.23. The zero-order valence-electron chi connectivity index (χ0n) is 30.8. The number of allylic oxidation sites excluding steroid dienone is 9. The number of aliphatic hydroxyl groups is 1. The van der Waals surface area contributed by atoms with Crippen molar-refractivity contribution in [1.82, 2.24) is 5.32 Å². The van der Waals surface area contributed by atoms with Crippen molar-refractivity contribution in [1.29, 1.82) is 0 Å². The van der Waals surface area contributed by atoms with Gasteiger partial charge in [0.25, 0.3) is 10.1 Å². The second-order valence-corrected chi connectivity index (χ2v) is 14.7. The van der Waals surface area contributed by atoms with E-state index >= 15 is 0 Å². The molecule has 0 aromatic heterocycles. The topological polar surface area (TPSA) is 104 Å². The number of hydrogen-bond acceptors (Lipinski definition) is 4. The normalized spacial score (nSPS) is 14.0. The summed E-state index contributed by atoms with van der Waals surface area (Å²) in [6, 6.07) is -1.07. The van der Waals surface area contributed by atoms with E-state index in [1.807, 2.05) is 6.08 Å². The van der Waals surface area contributed by atoms with Crippen LogP contribution >= 0.6 is 0 Å². The smallest absolute Gasteiger partial charge is 0.267 e. The van der Waals surface area contributed by atoms with E-state index in [9.17, 15) is 22.9 Å². The molecular formula is C41H73NO5S. The molecule has 0 aromatic carbocycles. The highest BCUT2D eigenvalue weighted by molar-refractivity contribution is 7.85. The molecule has 2 atom stereocenters. The van der Waals surface area contributed by atoms with Gasteiger partial charge in [0.05, 0.1) is 17.9 Å².